The van der Waals surface area contributed by atoms with Gasteiger partial charge >= 0.3 is 0 Å². The van der Waals surface area contributed by atoms with E-state index in [4.69, 9.17) is 0 Å². The first-order chi connectivity index (χ1) is 14.1. The molecule has 146 valence electrons. The van der Waals surface area contributed by atoms with E-state index in [0.717, 1.165) is 33.6 Å². The lowest BCUT2D eigenvalue weighted by molar-refractivity contribution is 0.101. The predicted molar refractivity (Wildman–Crippen MR) is 116 cm³/mol. The third-order valence-corrected chi connectivity index (χ3v) is 5.59. The van der Waals surface area contributed by atoms with Gasteiger partial charge in [0.25, 0.3) is 11.5 Å². The van der Waals surface area contributed by atoms with Gasteiger partial charge in [0.15, 0.2) is 0 Å². The van der Waals surface area contributed by atoms with Crippen LogP contribution in [-0.4, -0.2) is 20.7 Å². The second-order valence-corrected chi connectivity index (χ2v) is 7.68. The molecule has 6 nitrogen and oxygen atoms in total. The molecule has 4 rings (SSSR count). The van der Waals surface area contributed by atoms with Crippen LogP contribution in [0, 0.1) is 0 Å². The normalized spacial score (nSPS) is 10.9. The molecule has 2 aromatic carbocycles. The van der Waals surface area contributed by atoms with Crippen LogP contribution in [0.3, 0.4) is 0 Å². The lowest BCUT2D eigenvalue weighted by atomic mass is 10.2. The fourth-order valence-electron chi connectivity index (χ4n) is 2.93. The fraction of sp³-hybridized carbons (Fsp3) is 0.182. The molecule has 2 aromatic heterocycles. The van der Waals surface area contributed by atoms with Crippen molar-refractivity contribution in [2.45, 2.75) is 26.3 Å². The molecule has 4 aromatic rings. The van der Waals surface area contributed by atoms with Crippen LogP contribution in [0.2, 0.25) is 0 Å². The summed E-state index contributed by atoms with van der Waals surface area (Å²) >= 11 is 1.64. The first kappa shape index (κ1) is 19.0. The first-order valence-corrected chi connectivity index (χ1v) is 10.3. The number of fused-ring (bicyclic) bond motifs is 1. The number of thiazole rings is 1. The van der Waals surface area contributed by atoms with Crippen molar-refractivity contribution in [3.63, 3.8) is 0 Å². The summed E-state index contributed by atoms with van der Waals surface area (Å²) in [6, 6.07) is 18.4. The molecule has 0 spiro atoms. The largest absolute Gasteiger partial charge is 0.321 e. The second kappa shape index (κ2) is 8.36. The number of para-hydroxylation sites is 1. The van der Waals surface area contributed by atoms with E-state index < -0.39 is 0 Å². The molecule has 0 saturated carbocycles. The lowest BCUT2D eigenvalue weighted by Gasteiger charge is -2.08. The zero-order chi connectivity index (χ0) is 20.2. The Morgan fingerprint density at radius 2 is 1.86 bits per heavy atom. The number of amides is 1. The number of nitrogens with zero attached hydrogens (tertiary/aromatic N) is 3. The number of unbranched alkanes of at least 4 members (excludes halogenated alkanes) is 1. The number of hydrogen-bond donors (Lipinski definition) is 1. The molecule has 0 bridgehead atoms. The number of anilines is 1. The predicted octanol–water partition coefficient (Wildman–Crippen LogP) is 4.57. The lowest BCUT2D eigenvalue weighted by Crippen LogP contribution is -2.26. The Morgan fingerprint density at radius 1 is 1.07 bits per heavy atom. The van der Waals surface area contributed by atoms with Crippen LogP contribution in [0.1, 0.15) is 30.3 Å². The Kier molecular flexibility index (Phi) is 5.48. The van der Waals surface area contributed by atoms with Crippen LogP contribution in [0.25, 0.3) is 20.8 Å². The molecule has 0 aliphatic carbocycles. The quantitative estimate of drug-likeness (QED) is 0.511. The zero-order valence-electron chi connectivity index (χ0n) is 16.0. The Balaban J connectivity index is 1.50. The molecule has 1 amide bonds. The highest BCUT2D eigenvalue weighted by Crippen LogP contribution is 2.30. The van der Waals surface area contributed by atoms with Crippen LogP contribution < -0.4 is 10.9 Å². The maximum absolute atomic E-state index is 12.5. The third-order valence-electron chi connectivity index (χ3n) is 4.51. The van der Waals surface area contributed by atoms with Crippen LogP contribution >= 0.6 is 11.3 Å². The summed E-state index contributed by atoms with van der Waals surface area (Å²) in [7, 11) is 0. The summed E-state index contributed by atoms with van der Waals surface area (Å²) in [5.74, 6) is -0.344. The van der Waals surface area contributed by atoms with E-state index in [1.807, 2.05) is 49.4 Å². The van der Waals surface area contributed by atoms with Crippen molar-refractivity contribution in [1.29, 1.82) is 0 Å². The van der Waals surface area contributed by atoms with E-state index in [1.165, 1.54) is 16.8 Å². The summed E-state index contributed by atoms with van der Waals surface area (Å²) in [6.07, 6.45) is 1.79. The maximum atomic E-state index is 12.5. The number of benzene rings is 2. The second-order valence-electron chi connectivity index (χ2n) is 6.65. The Morgan fingerprint density at radius 3 is 2.62 bits per heavy atom. The van der Waals surface area contributed by atoms with E-state index >= 15 is 0 Å². The molecule has 2 heterocycles. The van der Waals surface area contributed by atoms with E-state index in [0.29, 0.717) is 12.2 Å². The van der Waals surface area contributed by atoms with Gasteiger partial charge < -0.3 is 5.32 Å². The molecular weight excluding hydrogens is 384 g/mol. The van der Waals surface area contributed by atoms with Crippen molar-refractivity contribution in [1.82, 2.24) is 14.8 Å². The van der Waals surface area contributed by atoms with Crippen LogP contribution in [0.15, 0.2) is 65.5 Å². The molecular formula is C22H20N4O2S. The molecule has 0 radical (unpaired) electrons. The average Bonchev–Trinajstić information content (AvgIpc) is 3.18. The van der Waals surface area contributed by atoms with Crippen LogP contribution in [-0.2, 0) is 6.54 Å². The molecule has 0 aliphatic rings. The van der Waals surface area contributed by atoms with Gasteiger partial charge in [-0.05, 0) is 48.9 Å². The Hall–Kier alpha value is -3.32. The highest BCUT2D eigenvalue weighted by atomic mass is 32.1. The molecule has 1 N–H and O–H groups in total. The van der Waals surface area contributed by atoms with Gasteiger partial charge in [-0.1, -0.05) is 25.5 Å². The van der Waals surface area contributed by atoms with Crippen molar-refractivity contribution in [3.8, 4) is 10.6 Å². The van der Waals surface area contributed by atoms with E-state index in [-0.39, 0.29) is 17.2 Å². The summed E-state index contributed by atoms with van der Waals surface area (Å²) < 4.78 is 2.48. The molecule has 29 heavy (non-hydrogen) atoms. The van der Waals surface area contributed by atoms with Crippen LogP contribution in [0.5, 0.6) is 0 Å². The van der Waals surface area contributed by atoms with Gasteiger partial charge in [-0.2, -0.15) is 5.10 Å². The minimum absolute atomic E-state index is 0.199. The number of carbonyl (C=O) groups excluding carboxylic acids is 1. The number of carbonyl (C=O) groups is 1. The minimum Gasteiger partial charge on any atom is -0.321 e. The number of aryl methyl sites for hydroxylation is 1. The summed E-state index contributed by atoms with van der Waals surface area (Å²) in [5.41, 5.74) is 2.66. The van der Waals surface area contributed by atoms with Crippen molar-refractivity contribution in [2.75, 3.05) is 5.32 Å². The summed E-state index contributed by atoms with van der Waals surface area (Å²) in [4.78, 5) is 29.0. The Bertz CT molecular complexity index is 1180. The molecule has 0 unspecified atom stereocenters. The van der Waals surface area contributed by atoms with E-state index in [9.17, 15) is 9.59 Å². The number of hydrogen-bond acceptors (Lipinski definition) is 5. The SMILES string of the molecule is CCCCn1nc(C(=O)Nc2ccc(-c3nc4ccccc4s3)cc2)ccc1=O. The molecule has 0 atom stereocenters. The molecule has 7 heteroatoms. The number of aromatic nitrogens is 3. The summed E-state index contributed by atoms with van der Waals surface area (Å²) in [5, 5.41) is 7.95. The topological polar surface area (TPSA) is 76.9 Å². The van der Waals surface area contributed by atoms with E-state index in [2.05, 4.69) is 21.5 Å². The number of nitrogens with one attached hydrogen (secondary N) is 1. The van der Waals surface area contributed by atoms with Gasteiger partial charge in [-0.3, -0.25) is 9.59 Å². The first-order valence-electron chi connectivity index (χ1n) is 9.49. The van der Waals surface area contributed by atoms with Crippen molar-refractivity contribution in [2.24, 2.45) is 0 Å². The fourth-order valence-corrected chi connectivity index (χ4v) is 3.90. The Labute approximate surface area is 171 Å². The summed E-state index contributed by atoms with van der Waals surface area (Å²) in [6.45, 7) is 2.55. The van der Waals surface area contributed by atoms with Gasteiger partial charge in [-0.15, -0.1) is 11.3 Å². The monoisotopic (exact) mass is 404 g/mol. The van der Waals surface area contributed by atoms with Gasteiger partial charge in [0.05, 0.1) is 10.2 Å². The van der Waals surface area contributed by atoms with Gasteiger partial charge in [0.2, 0.25) is 0 Å². The maximum Gasteiger partial charge on any atom is 0.276 e. The van der Waals surface area contributed by atoms with Gasteiger partial charge in [-0.25, -0.2) is 9.67 Å². The van der Waals surface area contributed by atoms with E-state index in [1.54, 1.807) is 11.3 Å². The standard InChI is InChI=1S/C22H20N4O2S/c1-2-3-14-26-20(27)13-12-18(25-26)21(28)23-16-10-8-15(9-11-16)22-24-17-6-4-5-7-19(17)29-22/h4-13H,2-3,14H2,1H3,(H,23,28). The van der Waals surface area contributed by atoms with Crippen LogP contribution in [0.4, 0.5) is 5.69 Å². The zero-order valence-corrected chi connectivity index (χ0v) is 16.8. The van der Waals surface area contributed by atoms with Gasteiger partial charge in [0.1, 0.15) is 10.7 Å². The van der Waals surface area contributed by atoms with Crippen molar-refractivity contribution in [3.05, 3.63) is 76.7 Å². The highest BCUT2D eigenvalue weighted by molar-refractivity contribution is 7.21. The van der Waals surface area contributed by atoms with Crippen molar-refractivity contribution < 1.29 is 4.79 Å². The smallest absolute Gasteiger partial charge is 0.276 e. The molecule has 0 fully saturated rings. The average molecular weight is 404 g/mol. The third kappa shape index (κ3) is 4.25. The molecule has 0 saturated heterocycles. The van der Waals surface area contributed by atoms with Crippen molar-refractivity contribution >= 4 is 33.1 Å². The number of rotatable bonds is 6. The van der Waals surface area contributed by atoms with Gasteiger partial charge in [0, 0.05) is 23.9 Å². The highest BCUT2D eigenvalue weighted by Gasteiger charge is 2.11. The molecule has 0 aliphatic heterocycles. The minimum atomic E-state index is -0.344.